The molecule has 0 radical (unpaired) electrons. The SMILES string of the molecule is COC(c1cnc[nH]1)c1cccc2ccccc12.Cl. The molecule has 4 heteroatoms. The van der Waals surface area contributed by atoms with E-state index in [4.69, 9.17) is 4.74 Å². The second kappa shape index (κ2) is 5.87. The van der Waals surface area contributed by atoms with Crippen LogP contribution in [0.5, 0.6) is 0 Å². The Hall–Kier alpha value is -1.84. The van der Waals surface area contributed by atoms with E-state index < -0.39 is 0 Å². The number of nitrogens with zero attached hydrogens (tertiary/aromatic N) is 1. The minimum Gasteiger partial charge on any atom is -0.370 e. The molecule has 0 amide bonds. The van der Waals surface area contributed by atoms with Crippen LogP contribution in [-0.4, -0.2) is 17.1 Å². The zero-order valence-electron chi connectivity index (χ0n) is 10.5. The van der Waals surface area contributed by atoms with E-state index in [1.165, 1.54) is 10.8 Å². The van der Waals surface area contributed by atoms with Gasteiger partial charge in [-0.3, -0.25) is 0 Å². The molecule has 0 saturated carbocycles. The van der Waals surface area contributed by atoms with Gasteiger partial charge in [-0.2, -0.15) is 0 Å². The van der Waals surface area contributed by atoms with Crippen molar-refractivity contribution < 1.29 is 4.74 Å². The largest absolute Gasteiger partial charge is 0.370 e. The highest BCUT2D eigenvalue weighted by Gasteiger charge is 2.16. The van der Waals surface area contributed by atoms with Gasteiger partial charge in [0.05, 0.1) is 18.2 Å². The third-order valence-corrected chi connectivity index (χ3v) is 3.14. The van der Waals surface area contributed by atoms with Crippen molar-refractivity contribution in [3.05, 3.63) is 66.2 Å². The third-order valence-electron chi connectivity index (χ3n) is 3.14. The van der Waals surface area contributed by atoms with Crippen LogP contribution < -0.4 is 0 Å². The molecule has 0 bridgehead atoms. The predicted octanol–water partition coefficient (Wildman–Crippen LogP) is 3.72. The number of rotatable bonds is 3. The summed E-state index contributed by atoms with van der Waals surface area (Å²) < 4.78 is 5.62. The van der Waals surface area contributed by atoms with E-state index in [1.807, 2.05) is 12.1 Å². The van der Waals surface area contributed by atoms with Crippen LogP contribution in [0, 0.1) is 0 Å². The molecule has 0 aliphatic carbocycles. The lowest BCUT2D eigenvalue weighted by Crippen LogP contribution is -2.04. The molecular formula is C15H15ClN2O. The van der Waals surface area contributed by atoms with Crippen LogP contribution in [0.1, 0.15) is 17.4 Å². The molecule has 0 saturated heterocycles. The van der Waals surface area contributed by atoms with Gasteiger partial charge >= 0.3 is 0 Å². The second-order valence-corrected chi connectivity index (χ2v) is 4.19. The number of fused-ring (bicyclic) bond motifs is 1. The van der Waals surface area contributed by atoms with Crippen LogP contribution in [0.2, 0.25) is 0 Å². The molecule has 3 nitrogen and oxygen atoms in total. The monoisotopic (exact) mass is 274 g/mol. The van der Waals surface area contributed by atoms with Gasteiger partial charge in [-0.1, -0.05) is 42.5 Å². The molecule has 0 spiro atoms. The van der Waals surface area contributed by atoms with Gasteiger partial charge in [0.25, 0.3) is 0 Å². The lowest BCUT2D eigenvalue weighted by atomic mass is 9.99. The summed E-state index contributed by atoms with van der Waals surface area (Å²) in [7, 11) is 1.72. The minimum absolute atomic E-state index is 0. The number of hydrogen-bond donors (Lipinski definition) is 1. The summed E-state index contributed by atoms with van der Waals surface area (Å²) >= 11 is 0. The summed E-state index contributed by atoms with van der Waals surface area (Å²) in [5, 5.41) is 2.43. The van der Waals surface area contributed by atoms with Gasteiger partial charge in [0.1, 0.15) is 6.10 Å². The first-order valence-electron chi connectivity index (χ1n) is 5.89. The van der Waals surface area contributed by atoms with Crippen molar-refractivity contribution in [2.24, 2.45) is 0 Å². The van der Waals surface area contributed by atoms with Gasteiger partial charge < -0.3 is 9.72 Å². The molecule has 0 fully saturated rings. The van der Waals surface area contributed by atoms with E-state index in [-0.39, 0.29) is 18.5 Å². The van der Waals surface area contributed by atoms with Crippen LogP contribution >= 0.6 is 12.4 Å². The summed E-state index contributed by atoms with van der Waals surface area (Å²) in [6.45, 7) is 0. The van der Waals surface area contributed by atoms with Gasteiger partial charge in [-0.15, -0.1) is 12.4 Å². The molecule has 3 aromatic rings. The average molecular weight is 275 g/mol. The van der Waals surface area contributed by atoms with Crippen molar-refractivity contribution in [3.63, 3.8) is 0 Å². The first-order valence-corrected chi connectivity index (χ1v) is 5.89. The maximum absolute atomic E-state index is 5.62. The number of nitrogens with one attached hydrogen (secondary N) is 1. The van der Waals surface area contributed by atoms with Crippen LogP contribution in [0.3, 0.4) is 0 Å². The molecule has 1 atom stereocenters. The number of aromatic amines is 1. The van der Waals surface area contributed by atoms with Crippen LogP contribution in [0.15, 0.2) is 55.0 Å². The fraction of sp³-hybridized carbons (Fsp3) is 0.133. The smallest absolute Gasteiger partial charge is 0.124 e. The van der Waals surface area contributed by atoms with E-state index in [9.17, 15) is 0 Å². The molecule has 2 aromatic carbocycles. The molecule has 1 heterocycles. The molecule has 1 unspecified atom stereocenters. The van der Waals surface area contributed by atoms with Crippen LogP contribution in [0.4, 0.5) is 0 Å². The van der Waals surface area contributed by atoms with Crippen molar-refractivity contribution >= 4 is 23.2 Å². The number of H-pyrrole nitrogens is 1. The number of halogens is 1. The Morgan fingerprint density at radius 2 is 1.89 bits per heavy atom. The van der Waals surface area contributed by atoms with Crippen molar-refractivity contribution in [1.82, 2.24) is 9.97 Å². The summed E-state index contributed by atoms with van der Waals surface area (Å²) in [4.78, 5) is 7.18. The van der Waals surface area contributed by atoms with Gasteiger partial charge in [0.2, 0.25) is 0 Å². The van der Waals surface area contributed by atoms with E-state index in [2.05, 4.69) is 40.3 Å². The number of hydrogen-bond acceptors (Lipinski definition) is 2. The van der Waals surface area contributed by atoms with Crippen molar-refractivity contribution in [3.8, 4) is 0 Å². The van der Waals surface area contributed by atoms with E-state index in [0.29, 0.717) is 0 Å². The number of aromatic nitrogens is 2. The van der Waals surface area contributed by atoms with Gasteiger partial charge in [-0.05, 0) is 16.3 Å². The van der Waals surface area contributed by atoms with E-state index in [1.54, 1.807) is 19.6 Å². The van der Waals surface area contributed by atoms with Crippen LogP contribution in [-0.2, 0) is 4.74 Å². The van der Waals surface area contributed by atoms with Gasteiger partial charge in [-0.25, -0.2) is 4.98 Å². The Bertz CT molecular complexity index is 647. The number of ether oxygens (including phenoxy) is 1. The molecule has 1 N–H and O–H groups in total. The normalized spacial score (nSPS) is 12.1. The molecule has 0 aliphatic heterocycles. The number of benzene rings is 2. The zero-order valence-corrected chi connectivity index (χ0v) is 11.4. The topological polar surface area (TPSA) is 37.9 Å². The average Bonchev–Trinajstić information content (AvgIpc) is 2.94. The van der Waals surface area contributed by atoms with Gasteiger partial charge in [0.15, 0.2) is 0 Å². The zero-order chi connectivity index (χ0) is 12.4. The summed E-state index contributed by atoms with van der Waals surface area (Å²) in [5.41, 5.74) is 2.12. The Kier molecular flexibility index (Phi) is 4.20. The lowest BCUT2D eigenvalue weighted by molar-refractivity contribution is 0.134. The first kappa shape index (κ1) is 13.6. The third kappa shape index (κ3) is 2.48. The Morgan fingerprint density at radius 1 is 1.11 bits per heavy atom. The molecule has 98 valence electrons. The summed E-state index contributed by atoms with van der Waals surface area (Å²) in [5.74, 6) is 0. The quantitative estimate of drug-likeness (QED) is 0.790. The molecule has 3 rings (SSSR count). The highest BCUT2D eigenvalue weighted by atomic mass is 35.5. The van der Waals surface area contributed by atoms with Crippen molar-refractivity contribution in [1.29, 1.82) is 0 Å². The Morgan fingerprint density at radius 3 is 2.63 bits per heavy atom. The number of imidazole rings is 1. The predicted molar refractivity (Wildman–Crippen MR) is 78.6 cm³/mol. The van der Waals surface area contributed by atoms with Crippen molar-refractivity contribution in [2.45, 2.75) is 6.10 Å². The first-order chi connectivity index (χ1) is 8.90. The lowest BCUT2D eigenvalue weighted by Gasteiger charge is -2.16. The highest BCUT2D eigenvalue weighted by Crippen LogP contribution is 2.29. The fourth-order valence-electron chi connectivity index (χ4n) is 2.31. The van der Waals surface area contributed by atoms with Gasteiger partial charge in [0, 0.05) is 7.11 Å². The summed E-state index contributed by atoms with van der Waals surface area (Å²) in [6.07, 6.45) is 3.36. The summed E-state index contributed by atoms with van der Waals surface area (Å²) in [6, 6.07) is 14.6. The standard InChI is InChI=1S/C15H14N2O.ClH/c1-18-15(14-9-16-10-17-14)13-8-4-6-11-5-2-3-7-12(11)13;/h2-10,15H,1H3,(H,16,17);1H. The molecular weight excluding hydrogens is 260 g/mol. The Labute approximate surface area is 118 Å². The molecule has 0 aliphatic rings. The minimum atomic E-state index is -0.112. The highest BCUT2D eigenvalue weighted by molar-refractivity contribution is 5.86. The molecule has 1 aromatic heterocycles. The van der Waals surface area contributed by atoms with Crippen LogP contribution in [0.25, 0.3) is 10.8 Å². The Balaban J connectivity index is 0.00000133. The fourth-order valence-corrected chi connectivity index (χ4v) is 2.31. The van der Waals surface area contributed by atoms with E-state index >= 15 is 0 Å². The second-order valence-electron chi connectivity index (χ2n) is 4.19. The maximum atomic E-state index is 5.62. The van der Waals surface area contributed by atoms with Crippen molar-refractivity contribution in [2.75, 3.05) is 7.11 Å². The molecule has 19 heavy (non-hydrogen) atoms. The number of methoxy groups -OCH3 is 1. The maximum Gasteiger partial charge on any atom is 0.124 e. The van der Waals surface area contributed by atoms with E-state index in [0.717, 1.165) is 11.3 Å².